The fourth-order valence-electron chi connectivity index (χ4n) is 2.56. The van der Waals surface area contributed by atoms with E-state index in [0.29, 0.717) is 11.6 Å². The molecule has 0 aliphatic carbocycles. The number of anilines is 4. The van der Waals surface area contributed by atoms with Crippen molar-refractivity contribution in [3.8, 4) is 0 Å². The Hall–Kier alpha value is -2.90. The van der Waals surface area contributed by atoms with E-state index in [4.69, 9.17) is 5.73 Å². The van der Waals surface area contributed by atoms with Gasteiger partial charge in [-0.15, -0.1) is 0 Å². The number of benzene rings is 1. The van der Waals surface area contributed by atoms with Crippen molar-refractivity contribution >= 4 is 29.0 Å². The summed E-state index contributed by atoms with van der Waals surface area (Å²) in [5.41, 5.74) is 7.33. The third-order valence-electron chi connectivity index (χ3n) is 3.78. The van der Waals surface area contributed by atoms with E-state index in [-0.39, 0.29) is 17.3 Å². The van der Waals surface area contributed by atoms with Crippen LogP contribution in [0.5, 0.6) is 0 Å². The van der Waals surface area contributed by atoms with Crippen LogP contribution < -0.4 is 16.0 Å². The van der Waals surface area contributed by atoms with Gasteiger partial charge in [0.25, 0.3) is 0 Å². The van der Waals surface area contributed by atoms with Gasteiger partial charge >= 0.3 is 5.69 Å². The number of nitrogens with zero attached hydrogens (tertiary/aromatic N) is 4. The van der Waals surface area contributed by atoms with Crippen LogP contribution in [0.15, 0.2) is 24.3 Å². The van der Waals surface area contributed by atoms with Crippen molar-refractivity contribution in [1.29, 1.82) is 0 Å². The topological polar surface area (TPSA) is 110 Å². The minimum atomic E-state index is -0.556. The highest BCUT2D eigenvalue weighted by atomic mass is 16.6. The minimum absolute atomic E-state index is 0.119. The molecule has 120 valence electrons. The van der Waals surface area contributed by atoms with E-state index >= 15 is 0 Å². The molecule has 3 N–H and O–H groups in total. The van der Waals surface area contributed by atoms with E-state index in [9.17, 15) is 10.1 Å². The smallest absolute Gasteiger partial charge is 0.353 e. The summed E-state index contributed by atoms with van der Waals surface area (Å²) < 4.78 is 0. The predicted octanol–water partition coefficient (Wildman–Crippen LogP) is 2.62. The monoisotopic (exact) mass is 314 g/mol. The summed E-state index contributed by atoms with van der Waals surface area (Å²) in [7, 11) is 0. The molecule has 1 aromatic heterocycles. The van der Waals surface area contributed by atoms with Crippen molar-refractivity contribution in [2.45, 2.75) is 19.8 Å². The molecule has 1 aliphatic rings. The van der Waals surface area contributed by atoms with Gasteiger partial charge in [-0.05, 0) is 31.9 Å². The summed E-state index contributed by atoms with van der Waals surface area (Å²) in [4.78, 5) is 21.2. The van der Waals surface area contributed by atoms with Crippen molar-refractivity contribution < 1.29 is 4.92 Å². The van der Waals surface area contributed by atoms with Crippen LogP contribution in [0.4, 0.5) is 29.0 Å². The van der Waals surface area contributed by atoms with Gasteiger partial charge in [0.05, 0.1) is 4.92 Å². The second kappa shape index (κ2) is 6.07. The lowest BCUT2D eigenvalue weighted by molar-refractivity contribution is -0.383. The van der Waals surface area contributed by atoms with Crippen LogP contribution in [-0.4, -0.2) is 28.0 Å². The number of hydrogen-bond donors (Lipinski definition) is 2. The highest BCUT2D eigenvalue weighted by molar-refractivity contribution is 5.74. The highest BCUT2D eigenvalue weighted by Crippen LogP contribution is 2.32. The fraction of sp³-hybridized carbons (Fsp3) is 0.333. The summed E-state index contributed by atoms with van der Waals surface area (Å²) in [5, 5.41) is 14.3. The quantitative estimate of drug-likeness (QED) is 0.659. The lowest BCUT2D eigenvalue weighted by atomic mass is 10.2. The number of nitrogens with two attached hydrogens (primary N) is 1. The van der Waals surface area contributed by atoms with Gasteiger partial charge in [-0.3, -0.25) is 10.1 Å². The number of aromatic nitrogens is 2. The Kier molecular flexibility index (Phi) is 3.96. The number of hydrogen-bond acceptors (Lipinski definition) is 7. The van der Waals surface area contributed by atoms with E-state index in [1.807, 2.05) is 36.1 Å². The van der Waals surface area contributed by atoms with Crippen LogP contribution in [0.1, 0.15) is 18.4 Å². The maximum absolute atomic E-state index is 11.3. The Morgan fingerprint density at radius 1 is 1.22 bits per heavy atom. The molecule has 8 nitrogen and oxygen atoms in total. The van der Waals surface area contributed by atoms with Gasteiger partial charge in [0, 0.05) is 18.8 Å². The Balaban J connectivity index is 2.00. The molecule has 2 heterocycles. The van der Waals surface area contributed by atoms with E-state index in [1.165, 1.54) is 0 Å². The van der Waals surface area contributed by atoms with Crippen molar-refractivity contribution in [2.24, 2.45) is 0 Å². The van der Waals surface area contributed by atoms with Crippen molar-refractivity contribution in [1.82, 2.24) is 9.97 Å². The fourth-order valence-corrected chi connectivity index (χ4v) is 2.56. The molecular weight excluding hydrogens is 296 g/mol. The second-order valence-corrected chi connectivity index (χ2v) is 5.55. The van der Waals surface area contributed by atoms with Crippen LogP contribution in [0.2, 0.25) is 0 Å². The molecule has 1 aromatic carbocycles. The van der Waals surface area contributed by atoms with Crippen LogP contribution in [0, 0.1) is 17.0 Å². The van der Waals surface area contributed by atoms with Gasteiger partial charge in [0.2, 0.25) is 17.6 Å². The van der Waals surface area contributed by atoms with Gasteiger partial charge < -0.3 is 16.0 Å². The number of aryl methyl sites for hydroxylation is 1. The Bertz CT molecular complexity index is 725. The third-order valence-corrected chi connectivity index (χ3v) is 3.78. The van der Waals surface area contributed by atoms with Crippen molar-refractivity contribution in [3.05, 3.63) is 39.9 Å². The zero-order valence-electron chi connectivity index (χ0n) is 12.8. The van der Waals surface area contributed by atoms with Crippen molar-refractivity contribution in [3.63, 3.8) is 0 Å². The van der Waals surface area contributed by atoms with Crippen LogP contribution in [0.25, 0.3) is 0 Å². The molecule has 0 spiro atoms. The lowest BCUT2D eigenvalue weighted by Gasteiger charge is -2.17. The molecule has 0 amide bonds. The second-order valence-electron chi connectivity index (χ2n) is 5.55. The molecule has 2 aromatic rings. The molecule has 0 bridgehead atoms. The SMILES string of the molecule is Cc1ccc(Nc2nc(N3CCCC3)nc(N)c2[N+](=O)[O-])cc1. The maximum Gasteiger partial charge on any atom is 0.353 e. The van der Waals surface area contributed by atoms with Gasteiger partial charge in [-0.2, -0.15) is 9.97 Å². The summed E-state index contributed by atoms with van der Waals surface area (Å²) in [6, 6.07) is 7.51. The number of nitrogens with one attached hydrogen (secondary N) is 1. The zero-order valence-corrected chi connectivity index (χ0v) is 12.8. The first kappa shape index (κ1) is 15.0. The molecule has 1 fully saturated rings. The van der Waals surface area contributed by atoms with Gasteiger partial charge in [-0.1, -0.05) is 17.7 Å². The molecule has 0 saturated carbocycles. The molecule has 1 saturated heterocycles. The number of nitro groups is 1. The van der Waals surface area contributed by atoms with Gasteiger partial charge in [0.15, 0.2) is 0 Å². The average Bonchev–Trinajstić information content (AvgIpc) is 3.03. The average molecular weight is 314 g/mol. The summed E-state index contributed by atoms with van der Waals surface area (Å²) in [5.74, 6) is 0.426. The molecule has 0 radical (unpaired) electrons. The molecule has 1 aliphatic heterocycles. The molecule has 0 unspecified atom stereocenters. The summed E-state index contributed by atoms with van der Waals surface area (Å²) in [6.07, 6.45) is 2.11. The van der Waals surface area contributed by atoms with Gasteiger partial charge in [0.1, 0.15) is 0 Å². The minimum Gasteiger partial charge on any atom is -0.378 e. The predicted molar refractivity (Wildman–Crippen MR) is 89.0 cm³/mol. The van der Waals surface area contributed by atoms with E-state index in [1.54, 1.807) is 0 Å². The standard InChI is InChI=1S/C15H18N6O2/c1-10-4-6-11(7-5-10)17-14-12(21(22)23)13(16)18-15(19-14)20-8-2-3-9-20/h4-7H,2-3,8-9H2,1H3,(H3,16,17,18,19). The maximum atomic E-state index is 11.3. The van der Waals surface area contributed by atoms with E-state index in [0.717, 1.165) is 31.5 Å². The largest absolute Gasteiger partial charge is 0.378 e. The van der Waals surface area contributed by atoms with Crippen LogP contribution in [-0.2, 0) is 0 Å². The first-order valence-corrected chi connectivity index (χ1v) is 7.45. The molecule has 23 heavy (non-hydrogen) atoms. The van der Waals surface area contributed by atoms with Crippen LogP contribution >= 0.6 is 0 Å². The van der Waals surface area contributed by atoms with Gasteiger partial charge in [-0.25, -0.2) is 0 Å². The van der Waals surface area contributed by atoms with Crippen molar-refractivity contribution in [2.75, 3.05) is 29.0 Å². The molecule has 0 atom stereocenters. The first-order valence-electron chi connectivity index (χ1n) is 7.45. The molecule has 8 heteroatoms. The summed E-state index contributed by atoms with van der Waals surface area (Å²) in [6.45, 7) is 3.64. The Morgan fingerprint density at radius 3 is 2.48 bits per heavy atom. The lowest BCUT2D eigenvalue weighted by Crippen LogP contribution is -2.22. The number of rotatable bonds is 4. The molecule has 3 rings (SSSR count). The normalized spacial score (nSPS) is 14.0. The van der Waals surface area contributed by atoms with Crippen LogP contribution in [0.3, 0.4) is 0 Å². The first-order chi connectivity index (χ1) is 11.0. The third kappa shape index (κ3) is 3.15. The number of nitrogen functional groups attached to an aromatic ring is 1. The highest BCUT2D eigenvalue weighted by Gasteiger charge is 2.26. The summed E-state index contributed by atoms with van der Waals surface area (Å²) >= 11 is 0. The van der Waals surface area contributed by atoms with E-state index in [2.05, 4.69) is 15.3 Å². The Labute approximate surface area is 133 Å². The molecular formula is C15H18N6O2. The van der Waals surface area contributed by atoms with E-state index < -0.39 is 4.92 Å². The zero-order chi connectivity index (χ0) is 16.4. The Morgan fingerprint density at radius 2 is 1.87 bits per heavy atom.